The molecule has 104 valence electrons. The zero-order valence-corrected chi connectivity index (χ0v) is 11.3. The minimum atomic E-state index is -0.458. The number of rotatable bonds is 5. The summed E-state index contributed by atoms with van der Waals surface area (Å²) >= 11 is 0. The van der Waals surface area contributed by atoms with Gasteiger partial charge in [-0.05, 0) is 44.0 Å². The van der Waals surface area contributed by atoms with Crippen LogP contribution in [0.2, 0.25) is 0 Å². The van der Waals surface area contributed by atoms with Crippen molar-refractivity contribution >= 4 is 11.5 Å². The standard InChI is InChI=1S/C16H16FNO2/c1-11(19)16-14(17)5-2-6-15(16)18(12-7-8-12)10-13-4-3-9-20-13/h2-6,9,12H,7-8,10H2,1H3. The van der Waals surface area contributed by atoms with Crippen LogP contribution in [-0.2, 0) is 6.54 Å². The van der Waals surface area contributed by atoms with E-state index in [1.807, 2.05) is 12.1 Å². The Morgan fingerprint density at radius 3 is 2.75 bits per heavy atom. The third-order valence-corrected chi connectivity index (χ3v) is 3.55. The maximum absolute atomic E-state index is 14.0. The average Bonchev–Trinajstić information content (AvgIpc) is 3.12. The fourth-order valence-corrected chi connectivity index (χ4v) is 2.47. The van der Waals surface area contributed by atoms with Gasteiger partial charge in [-0.2, -0.15) is 0 Å². The SMILES string of the molecule is CC(=O)c1c(F)cccc1N(Cc1ccco1)C1CC1. The number of anilines is 1. The summed E-state index contributed by atoms with van der Waals surface area (Å²) in [6, 6.07) is 8.87. The Morgan fingerprint density at radius 1 is 1.35 bits per heavy atom. The number of hydrogen-bond acceptors (Lipinski definition) is 3. The highest BCUT2D eigenvalue weighted by Crippen LogP contribution is 2.36. The lowest BCUT2D eigenvalue weighted by atomic mass is 10.1. The molecule has 20 heavy (non-hydrogen) atoms. The van der Waals surface area contributed by atoms with Crippen molar-refractivity contribution in [3.8, 4) is 0 Å². The van der Waals surface area contributed by atoms with Crippen molar-refractivity contribution in [2.75, 3.05) is 4.90 Å². The number of nitrogens with zero attached hydrogens (tertiary/aromatic N) is 1. The van der Waals surface area contributed by atoms with Crippen molar-refractivity contribution in [3.63, 3.8) is 0 Å². The molecule has 0 N–H and O–H groups in total. The highest BCUT2D eigenvalue weighted by atomic mass is 19.1. The number of halogens is 1. The first-order valence-corrected chi connectivity index (χ1v) is 6.75. The van der Waals surface area contributed by atoms with Crippen LogP contribution >= 0.6 is 0 Å². The summed E-state index contributed by atoms with van der Waals surface area (Å²) in [6.45, 7) is 1.96. The number of ketones is 1. The predicted octanol–water partition coefficient (Wildman–Crippen LogP) is 3.79. The van der Waals surface area contributed by atoms with Gasteiger partial charge >= 0.3 is 0 Å². The van der Waals surface area contributed by atoms with E-state index in [-0.39, 0.29) is 11.3 Å². The van der Waals surface area contributed by atoms with Crippen molar-refractivity contribution in [1.29, 1.82) is 0 Å². The molecular formula is C16H16FNO2. The van der Waals surface area contributed by atoms with Gasteiger partial charge in [0.2, 0.25) is 0 Å². The van der Waals surface area contributed by atoms with Crippen molar-refractivity contribution < 1.29 is 13.6 Å². The van der Waals surface area contributed by atoms with E-state index in [1.165, 1.54) is 13.0 Å². The number of carbonyl (C=O) groups excluding carboxylic acids is 1. The van der Waals surface area contributed by atoms with Gasteiger partial charge in [0.25, 0.3) is 0 Å². The highest BCUT2D eigenvalue weighted by molar-refractivity contribution is 6.00. The van der Waals surface area contributed by atoms with Crippen molar-refractivity contribution in [2.45, 2.75) is 32.4 Å². The van der Waals surface area contributed by atoms with Gasteiger partial charge < -0.3 is 9.32 Å². The Hall–Kier alpha value is -2.10. The summed E-state index contributed by atoms with van der Waals surface area (Å²) in [4.78, 5) is 13.8. The number of carbonyl (C=O) groups is 1. The number of benzene rings is 1. The molecule has 0 bridgehead atoms. The Balaban J connectivity index is 1.99. The van der Waals surface area contributed by atoms with Crippen molar-refractivity contribution in [1.82, 2.24) is 0 Å². The lowest BCUT2D eigenvalue weighted by molar-refractivity contribution is 0.101. The number of hydrogen-bond donors (Lipinski definition) is 0. The molecule has 1 saturated carbocycles. The molecule has 0 saturated heterocycles. The Labute approximate surface area is 117 Å². The van der Waals surface area contributed by atoms with Crippen LogP contribution in [0.3, 0.4) is 0 Å². The van der Waals surface area contributed by atoms with E-state index in [2.05, 4.69) is 4.90 Å². The average molecular weight is 273 g/mol. The predicted molar refractivity (Wildman–Crippen MR) is 74.3 cm³/mol. The van der Waals surface area contributed by atoms with Crippen LogP contribution < -0.4 is 4.90 Å². The molecule has 0 radical (unpaired) electrons. The van der Waals surface area contributed by atoms with E-state index in [0.717, 1.165) is 18.6 Å². The molecule has 0 amide bonds. The van der Waals surface area contributed by atoms with Gasteiger partial charge in [-0.1, -0.05) is 6.07 Å². The molecule has 0 atom stereocenters. The Kier molecular flexibility index (Phi) is 3.30. The lowest BCUT2D eigenvalue weighted by Gasteiger charge is -2.25. The second-order valence-corrected chi connectivity index (χ2v) is 5.13. The third-order valence-electron chi connectivity index (χ3n) is 3.55. The van der Waals surface area contributed by atoms with E-state index < -0.39 is 5.82 Å². The molecule has 4 heteroatoms. The molecule has 3 rings (SSSR count). The van der Waals surface area contributed by atoms with Gasteiger partial charge in [0.05, 0.1) is 24.1 Å². The number of furan rings is 1. The van der Waals surface area contributed by atoms with Crippen molar-refractivity contribution in [2.24, 2.45) is 0 Å². The maximum atomic E-state index is 14.0. The molecule has 1 fully saturated rings. The zero-order chi connectivity index (χ0) is 14.1. The van der Waals surface area contributed by atoms with Crippen LogP contribution in [0, 0.1) is 5.82 Å². The second-order valence-electron chi connectivity index (χ2n) is 5.13. The highest BCUT2D eigenvalue weighted by Gasteiger charge is 2.32. The number of Topliss-reactive ketones (excluding diaryl/α,β-unsaturated/α-hetero) is 1. The van der Waals surface area contributed by atoms with E-state index >= 15 is 0 Å². The van der Waals surface area contributed by atoms with E-state index in [0.29, 0.717) is 18.3 Å². The van der Waals surface area contributed by atoms with Crippen LogP contribution in [0.4, 0.5) is 10.1 Å². The quantitative estimate of drug-likeness (QED) is 0.777. The summed E-state index contributed by atoms with van der Waals surface area (Å²) in [6.07, 6.45) is 3.75. The molecule has 1 aliphatic carbocycles. The summed E-state index contributed by atoms with van der Waals surface area (Å²) in [5.41, 5.74) is 0.836. The summed E-state index contributed by atoms with van der Waals surface area (Å²) in [5.74, 6) is 0.110. The Bertz CT molecular complexity index is 617. The van der Waals surface area contributed by atoms with Gasteiger partial charge in [-0.3, -0.25) is 4.79 Å². The first-order valence-electron chi connectivity index (χ1n) is 6.75. The minimum absolute atomic E-state index is 0.172. The van der Waals surface area contributed by atoms with Crippen LogP contribution in [-0.4, -0.2) is 11.8 Å². The van der Waals surface area contributed by atoms with Crippen LogP contribution in [0.25, 0.3) is 0 Å². The molecule has 1 aliphatic rings. The molecule has 3 nitrogen and oxygen atoms in total. The zero-order valence-electron chi connectivity index (χ0n) is 11.3. The largest absolute Gasteiger partial charge is 0.467 e. The van der Waals surface area contributed by atoms with Gasteiger partial charge in [0, 0.05) is 6.04 Å². The molecule has 1 aromatic heterocycles. The summed E-state index contributed by atoms with van der Waals surface area (Å²) in [7, 11) is 0. The molecular weight excluding hydrogens is 257 g/mol. The van der Waals surface area contributed by atoms with Crippen molar-refractivity contribution in [3.05, 3.63) is 53.7 Å². The van der Waals surface area contributed by atoms with Crippen LogP contribution in [0.15, 0.2) is 41.0 Å². The summed E-state index contributed by atoms with van der Waals surface area (Å²) in [5, 5.41) is 0. The Morgan fingerprint density at radius 2 is 2.15 bits per heavy atom. The molecule has 0 aliphatic heterocycles. The maximum Gasteiger partial charge on any atom is 0.164 e. The third kappa shape index (κ3) is 2.46. The molecule has 0 spiro atoms. The van der Waals surface area contributed by atoms with E-state index in [9.17, 15) is 9.18 Å². The van der Waals surface area contributed by atoms with Crippen LogP contribution in [0.1, 0.15) is 35.9 Å². The van der Waals surface area contributed by atoms with Crippen LogP contribution in [0.5, 0.6) is 0 Å². The van der Waals surface area contributed by atoms with Gasteiger partial charge in [-0.25, -0.2) is 4.39 Å². The first kappa shape index (κ1) is 12.9. The first-order chi connectivity index (χ1) is 9.66. The minimum Gasteiger partial charge on any atom is -0.467 e. The molecule has 1 aromatic carbocycles. The van der Waals surface area contributed by atoms with Gasteiger partial charge in [-0.15, -0.1) is 0 Å². The molecule has 1 heterocycles. The van der Waals surface area contributed by atoms with Gasteiger partial charge in [0.1, 0.15) is 11.6 Å². The topological polar surface area (TPSA) is 33.5 Å². The van der Waals surface area contributed by atoms with E-state index in [1.54, 1.807) is 18.4 Å². The van der Waals surface area contributed by atoms with Gasteiger partial charge in [0.15, 0.2) is 5.78 Å². The lowest BCUT2D eigenvalue weighted by Crippen LogP contribution is -2.27. The fourth-order valence-electron chi connectivity index (χ4n) is 2.47. The summed E-state index contributed by atoms with van der Waals surface area (Å²) < 4.78 is 19.3. The second kappa shape index (κ2) is 5.12. The molecule has 0 unspecified atom stereocenters. The van der Waals surface area contributed by atoms with E-state index in [4.69, 9.17) is 4.42 Å². The fraction of sp³-hybridized carbons (Fsp3) is 0.312. The smallest absolute Gasteiger partial charge is 0.164 e. The normalized spacial score (nSPS) is 14.3. The molecule has 2 aromatic rings. The monoisotopic (exact) mass is 273 g/mol.